The Kier molecular flexibility index (Phi) is 6.02. The summed E-state index contributed by atoms with van der Waals surface area (Å²) >= 11 is 5.96. The van der Waals surface area contributed by atoms with Crippen LogP contribution in [-0.2, 0) is 4.74 Å². The van der Waals surface area contributed by atoms with Gasteiger partial charge in [-0.05, 0) is 31.0 Å². The first kappa shape index (κ1) is 15.0. The Hall–Kier alpha value is -1.39. The molecule has 0 aliphatic rings. The minimum Gasteiger partial charge on any atom is -0.381 e. The van der Waals surface area contributed by atoms with Crippen LogP contribution in [0.2, 0.25) is 5.02 Å². The molecule has 0 saturated heterocycles. The smallest absolute Gasteiger partial charge is 0.137 e. The van der Waals surface area contributed by atoms with Gasteiger partial charge in [-0.15, -0.1) is 0 Å². The van der Waals surface area contributed by atoms with Crippen molar-refractivity contribution in [3.63, 3.8) is 0 Å². The molecule has 1 aromatic heterocycles. The third kappa shape index (κ3) is 4.32. The van der Waals surface area contributed by atoms with E-state index in [1.54, 1.807) is 6.33 Å². The zero-order valence-corrected chi connectivity index (χ0v) is 12.5. The number of rotatable bonds is 8. The molecule has 1 aromatic carbocycles. The van der Waals surface area contributed by atoms with Gasteiger partial charge in [0.25, 0.3) is 0 Å². The predicted octanol–water partition coefficient (Wildman–Crippen LogP) is 3.90. The summed E-state index contributed by atoms with van der Waals surface area (Å²) in [6, 6.07) is 5.64. The maximum Gasteiger partial charge on any atom is 0.137 e. The zero-order chi connectivity index (χ0) is 14.2. The first-order chi connectivity index (χ1) is 9.81. The largest absolute Gasteiger partial charge is 0.381 e. The van der Waals surface area contributed by atoms with E-state index in [4.69, 9.17) is 16.3 Å². The Balaban J connectivity index is 1.84. The number of unbranched alkanes of at least 4 members (excludes halogenated alkanes) is 1. The van der Waals surface area contributed by atoms with Crippen LogP contribution in [0.3, 0.4) is 0 Å². The van der Waals surface area contributed by atoms with Gasteiger partial charge in [0, 0.05) is 30.2 Å². The van der Waals surface area contributed by atoms with Crippen molar-refractivity contribution in [2.24, 2.45) is 0 Å². The van der Waals surface area contributed by atoms with Crippen LogP contribution >= 0.6 is 11.6 Å². The van der Waals surface area contributed by atoms with Gasteiger partial charge < -0.3 is 10.1 Å². The summed E-state index contributed by atoms with van der Waals surface area (Å²) in [5, 5.41) is 5.00. The first-order valence-electron chi connectivity index (χ1n) is 7.03. The quantitative estimate of drug-likeness (QED) is 0.750. The van der Waals surface area contributed by atoms with E-state index in [0.29, 0.717) is 5.02 Å². The Morgan fingerprint density at radius 2 is 2.05 bits per heavy atom. The summed E-state index contributed by atoms with van der Waals surface area (Å²) in [7, 11) is 0. The highest BCUT2D eigenvalue weighted by Gasteiger charge is 2.03. The maximum absolute atomic E-state index is 5.96. The second kappa shape index (κ2) is 8.02. The molecule has 0 bridgehead atoms. The molecule has 1 heterocycles. The van der Waals surface area contributed by atoms with E-state index < -0.39 is 0 Å². The molecule has 0 unspecified atom stereocenters. The monoisotopic (exact) mass is 293 g/mol. The fraction of sp³-hybridized carbons (Fsp3) is 0.467. The molecule has 0 aliphatic carbocycles. The minimum absolute atomic E-state index is 0.687. The van der Waals surface area contributed by atoms with Gasteiger partial charge in [0.15, 0.2) is 0 Å². The van der Waals surface area contributed by atoms with Crippen LogP contribution in [0.5, 0.6) is 0 Å². The third-order valence-electron chi connectivity index (χ3n) is 3.00. The van der Waals surface area contributed by atoms with Crippen LogP contribution in [0.25, 0.3) is 10.9 Å². The number of hydrogen-bond donors (Lipinski definition) is 1. The van der Waals surface area contributed by atoms with Crippen molar-refractivity contribution in [3.8, 4) is 0 Å². The Morgan fingerprint density at radius 3 is 2.90 bits per heavy atom. The van der Waals surface area contributed by atoms with Crippen LogP contribution in [-0.4, -0.2) is 29.7 Å². The van der Waals surface area contributed by atoms with Crippen LogP contribution in [0.15, 0.2) is 24.5 Å². The molecule has 20 heavy (non-hydrogen) atoms. The van der Waals surface area contributed by atoms with Crippen molar-refractivity contribution in [2.75, 3.05) is 25.1 Å². The van der Waals surface area contributed by atoms with E-state index in [2.05, 4.69) is 22.2 Å². The number of hydrogen-bond acceptors (Lipinski definition) is 4. The molecule has 2 rings (SSSR count). The fourth-order valence-corrected chi connectivity index (χ4v) is 2.07. The van der Waals surface area contributed by atoms with Crippen molar-refractivity contribution in [2.45, 2.75) is 26.2 Å². The highest BCUT2D eigenvalue weighted by Crippen LogP contribution is 2.22. The first-order valence-corrected chi connectivity index (χ1v) is 7.41. The Morgan fingerprint density at radius 1 is 1.20 bits per heavy atom. The lowest BCUT2D eigenvalue weighted by atomic mass is 10.2. The topological polar surface area (TPSA) is 47.0 Å². The van der Waals surface area contributed by atoms with E-state index in [1.807, 2.05) is 18.2 Å². The van der Waals surface area contributed by atoms with Crippen LogP contribution in [0, 0.1) is 0 Å². The second-order valence-electron chi connectivity index (χ2n) is 4.63. The maximum atomic E-state index is 5.96. The Labute approximate surface area is 124 Å². The molecule has 0 fully saturated rings. The second-order valence-corrected chi connectivity index (χ2v) is 5.07. The highest BCUT2D eigenvalue weighted by atomic mass is 35.5. The molecule has 0 spiro atoms. The van der Waals surface area contributed by atoms with E-state index >= 15 is 0 Å². The number of nitrogens with one attached hydrogen (secondary N) is 1. The van der Waals surface area contributed by atoms with Crippen LogP contribution in [0.4, 0.5) is 5.82 Å². The van der Waals surface area contributed by atoms with Crippen LogP contribution in [0.1, 0.15) is 26.2 Å². The SMILES string of the molecule is CCCCOCCCNc1ncnc2cc(Cl)ccc12. The van der Waals surface area contributed by atoms with Gasteiger partial charge >= 0.3 is 0 Å². The normalized spacial score (nSPS) is 10.9. The van der Waals surface area contributed by atoms with E-state index in [1.165, 1.54) is 6.42 Å². The molecule has 0 saturated carbocycles. The van der Waals surface area contributed by atoms with Gasteiger partial charge in [-0.25, -0.2) is 9.97 Å². The average molecular weight is 294 g/mol. The number of nitrogens with zero attached hydrogens (tertiary/aromatic N) is 2. The number of aromatic nitrogens is 2. The summed E-state index contributed by atoms with van der Waals surface area (Å²) in [5.41, 5.74) is 0.856. The summed E-state index contributed by atoms with van der Waals surface area (Å²) in [5.74, 6) is 0.847. The summed E-state index contributed by atoms with van der Waals surface area (Å²) in [6.45, 7) is 4.63. The molecule has 0 radical (unpaired) electrons. The molecule has 108 valence electrons. The molecular formula is C15H20ClN3O. The third-order valence-corrected chi connectivity index (χ3v) is 3.23. The van der Waals surface area contributed by atoms with Gasteiger partial charge in [-0.3, -0.25) is 0 Å². The molecular weight excluding hydrogens is 274 g/mol. The number of anilines is 1. The lowest BCUT2D eigenvalue weighted by Gasteiger charge is -2.08. The van der Waals surface area contributed by atoms with E-state index in [9.17, 15) is 0 Å². The van der Waals surface area contributed by atoms with E-state index in [0.717, 1.165) is 49.3 Å². The lowest BCUT2D eigenvalue weighted by molar-refractivity contribution is 0.131. The zero-order valence-electron chi connectivity index (χ0n) is 11.7. The minimum atomic E-state index is 0.687. The summed E-state index contributed by atoms with van der Waals surface area (Å²) < 4.78 is 5.53. The molecule has 2 aromatic rings. The van der Waals surface area contributed by atoms with Crippen molar-refractivity contribution >= 4 is 28.3 Å². The molecule has 1 N–H and O–H groups in total. The van der Waals surface area contributed by atoms with Gasteiger partial charge in [0.2, 0.25) is 0 Å². The molecule has 4 nitrogen and oxygen atoms in total. The Bertz CT molecular complexity index is 548. The van der Waals surface area contributed by atoms with Crippen molar-refractivity contribution in [3.05, 3.63) is 29.5 Å². The average Bonchev–Trinajstić information content (AvgIpc) is 2.46. The van der Waals surface area contributed by atoms with Crippen LogP contribution < -0.4 is 5.32 Å². The predicted molar refractivity (Wildman–Crippen MR) is 83.4 cm³/mol. The standard InChI is InChI=1S/C15H20ClN3O/c1-2-3-8-20-9-4-7-17-15-13-6-5-12(16)10-14(13)18-11-19-15/h5-6,10-11H,2-4,7-9H2,1H3,(H,17,18,19). The van der Waals surface area contributed by atoms with Gasteiger partial charge in [-0.2, -0.15) is 0 Å². The van der Waals surface area contributed by atoms with Crippen molar-refractivity contribution < 1.29 is 4.74 Å². The molecule has 5 heteroatoms. The molecule has 0 amide bonds. The highest BCUT2D eigenvalue weighted by molar-refractivity contribution is 6.31. The molecule has 0 aliphatic heterocycles. The number of fused-ring (bicyclic) bond motifs is 1. The number of benzene rings is 1. The number of halogens is 1. The van der Waals surface area contributed by atoms with Gasteiger partial charge in [0.1, 0.15) is 12.1 Å². The fourth-order valence-electron chi connectivity index (χ4n) is 1.90. The van der Waals surface area contributed by atoms with Gasteiger partial charge in [-0.1, -0.05) is 24.9 Å². The van der Waals surface area contributed by atoms with Gasteiger partial charge in [0.05, 0.1) is 5.52 Å². The lowest BCUT2D eigenvalue weighted by Crippen LogP contribution is -2.08. The molecule has 0 atom stereocenters. The van der Waals surface area contributed by atoms with Crippen molar-refractivity contribution in [1.82, 2.24) is 9.97 Å². The summed E-state index contributed by atoms with van der Waals surface area (Å²) in [4.78, 5) is 8.50. The van der Waals surface area contributed by atoms with Crippen molar-refractivity contribution in [1.29, 1.82) is 0 Å². The van der Waals surface area contributed by atoms with E-state index in [-0.39, 0.29) is 0 Å². The number of ether oxygens (including phenoxy) is 1. The summed E-state index contributed by atoms with van der Waals surface area (Å²) in [6.07, 6.45) is 4.82.